The average molecular weight is 356 g/mol. The number of nitro benzene ring substituents is 1. The highest BCUT2D eigenvalue weighted by atomic mass is 16.6. The topological polar surface area (TPSA) is 120 Å². The molecule has 0 atom stereocenters. The van der Waals surface area contributed by atoms with Crippen molar-refractivity contribution in [3.8, 4) is 17.6 Å². The molecular weight excluding hydrogens is 340 g/mol. The van der Waals surface area contributed by atoms with Gasteiger partial charge < -0.3 is 9.47 Å². The van der Waals surface area contributed by atoms with E-state index in [2.05, 4.69) is 5.10 Å². The Morgan fingerprint density at radius 1 is 1.27 bits per heavy atom. The van der Waals surface area contributed by atoms with E-state index in [1.165, 1.54) is 32.4 Å². The molecule has 1 heterocycles. The second-order valence-electron chi connectivity index (χ2n) is 5.34. The molecule has 0 aliphatic rings. The molecule has 0 amide bonds. The normalized spacial score (nSPS) is 11.0. The Morgan fingerprint density at radius 3 is 2.38 bits per heavy atom. The minimum atomic E-state index is -0.640. The molecule has 2 aromatic rings. The molecule has 26 heavy (non-hydrogen) atoms. The molecule has 0 aliphatic heterocycles. The summed E-state index contributed by atoms with van der Waals surface area (Å²) in [4.78, 5) is 23.2. The fraction of sp³-hybridized carbons (Fsp3) is 0.235. The van der Waals surface area contributed by atoms with Crippen LogP contribution in [0, 0.1) is 35.3 Å². The summed E-state index contributed by atoms with van der Waals surface area (Å²) in [5, 5.41) is 24.6. The summed E-state index contributed by atoms with van der Waals surface area (Å²) in [7, 11) is 2.66. The number of carbonyl (C=O) groups excluding carboxylic acids is 1. The van der Waals surface area contributed by atoms with E-state index in [0.717, 1.165) is 4.68 Å². The Bertz CT molecular complexity index is 953. The van der Waals surface area contributed by atoms with E-state index in [1.54, 1.807) is 19.9 Å². The van der Waals surface area contributed by atoms with Crippen molar-refractivity contribution in [2.24, 2.45) is 0 Å². The van der Waals surface area contributed by atoms with Crippen molar-refractivity contribution < 1.29 is 19.2 Å². The third kappa shape index (κ3) is 3.54. The predicted molar refractivity (Wildman–Crippen MR) is 92.1 cm³/mol. The fourth-order valence-corrected chi connectivity index (χ4v) is 2.41. The van der Waals surface area contributed by atoms with Crippen LogP contribution < -0.4 is 9.47 Å². The Morgan fingerprint density at radius 2 is 1.92 bits per heavy atom. The molecule has 9 nitrogen and oxygen atoms in total. The number of hydrogen-bond acceptors (Lipinski definition) is 7. The molecule has 0 saturated heterocycles. The number of benzene rings is 1. The second-order valence-corrected chi connectivity index (χ2v) is 5.34. The van der Waals surface area contributed by atoms with Gasteiger partial charge in [-0.15, -0.1) is 0 Å². The van der Waals surface area contributed by atoms with E-state index in [0.29, 0.717) is 11.4 Å². The zero-order valence-electron chi connectivity index (χ0n) is 14.6. The van der Waals surface area contributed by atoms with Gasteiger partial charge in [0.15, 0.2) is 0 Å². The molecular formula is C17H16N4O5. The van der Waals surface area contributed by atoms with E-state index >= 15 is 0 Å². The number of rotatable bonds is 5. The van der Waals surface area contributed by atoms with Crippen molar-refractivity contribution in [3.05, 3.63) is 50.8 Å². The van der Waals surface area contributed by atoms with Gasteiger partial charge in [0.05, 0.1) is 24.8 Å². The maximum absolute atomic E-state index is 12.6. The number of allylic oxidation sites excluding steroid dienone is 1. The van der Waals surface area contributed by atoms with Gasteiger partial charge in [0, 0.05) is 23.4 Å². The van der Waals surface area contributed by atoms with E-state index in [4.69, 9.17) is 9.47 Å². The maximum atomic E-state index is 12.6. The number of aromatic nitrogens is 2. The van der Waals surface area contributed by atoms with Crippen LogP contribution in [0.15, 0.2) is 23.8 Å². The highest BCUT2D eigenvalue weighted by molar-refractivity contribution is 6.03. The maximum Gasteiger partial charge on any atom is 0.311 e. The lowest BCUT2D eigenvalue weighted by Crippen LogP contribution is -2.15. The molecule has 134 valence electrons. The monoisotopic (exact) mass is 356 g/mol. The minimum absolute atomic E-state index is 0.00683. The average Bonchev–Trinajstić information content (AvgIpc) is 2.96. The van der Waals surface area contributed by atoms with E-state index in [9.17, 15) is 20.2 Å². The lowest BCUT2D eigenvalue weighted by molar-refractivity contribution is -0.385. The molecule has 0 fully saturated rings. The van der Waals surface area contributed by atoms with Crippen molar-refractivity contribution >= 4 is 17.7 Å². The Balaban J connectivity index is 2.60. The Hall–Kier alpha value is -3.67. The third-order valence-electron chi connectivity index (χ3n) is 3.58. The molecule has 1 aromatic heterocycles. The van der Waals surface area contributed by atoms with Gasteiger partial charge in [0.25, 0.3) is 5.91 Å². The van der Waals surface area contributed by atoms with Crippen LogP contribution in [-0.2, 0) is 0 Å². The largest absolute Gasteiger partial charge is 0.496 e. The van der Waals surface area contributed by atoms with Crippen LogP contribution in [0.25, 0.3) is 6.08 Å². The van der Waals surface area contributed by atoms with Crippen molar-refractivity contribution in [2.75, 3.05) is 14.2 Å². The molecule has 0 aliphatic carbocycles. The summed E-state index contributed by atoms with van der Waals surface area (Å²) >= 11 is 0. The van der Waals surface area contributed by atoms with Gasteiger partial charge in [-0.2, -0.15) is 10.4 Å². The van der Waals surface area contributed by atoms with Crippen LogP contribution >= 0.6 is 0 Å². The fourth-order valence-electron chi connectivity index (χ4n) is 2.41. The number of nitro groups is 1. The van der Waals surface area contributed by atoms with Crippen molar-refractivity contribution in [1.82, 2.24) is 9.78 Å². The van der Waals surface area contributed by atoms with Crippen LogP contribution in [0.3, 0.4) is 0 Å². The highest BCUT2D eigenvalue weighted by Crippen LogP contribution is 2.35. The first-order chi connectivity index (χ1) is 12.3. The number of hydrogen-bond donors (Lipinski definition) is 0. The van der Waals surface area contributed by atoms with Gasteiger partial charge in [-0.3, -0.25) is 14.9 Å². The van der Waals surface area contributed by atoms with E-state index < -0.39 is 10.8 Å². The standard InChI is InChI=1S/C17H16N4O5/c1-10-5-11(2)20(19-10)17(22)13(9-18)6-12-7-14(21(23)24)16(26-4)8-15(12)25-3/h5-8H,1-4H3/b13-6+. The number of nitriles is 1. The smallest absolute Gasteiger partial charge is 0.311 e. The molecule has 0 radical (unpaired) electrons. The molecule has 1 aromatic carbocycles. The summed E-state index contributed by atoms with van der Waals surface area (Å²) in [6, 6.07) is 6.02. The molecule has 0 unspecified atom stereocenters. The third-order valence-corrected chi connectivity index (χ3v) is 3.58. The Kier molecular flexibility index (Phi) is 5.37. The number of methoxy groups -OCH3 is 2. The molecule has 0 spiro atoms. The van der Waals surface area contributed by atoms with Crippen LogP contribution in [0.2, 0.25) is 0 Å². The first kappa shape index (κ1) is 18.7. The molecule has 0 N–H and O–H groups in total. The van der Waals surface area contributed by atoms with E-state index in [1.807, 2.05) is 6.07 Å². The van der Waals surface area contributed by atoms with Gasteiger partial charge in [-0.05, 0) is 26.0 Å². The lowest BCUT2D eigenvalue weighted by atomic mass is 10.1. The SMILES string of the molecule is COc1cc(OC)c([N+](=O)[O-])cc1/C=C(\C#N)C(=O)n1nc(C)cc1C. The number of aryl methyl sites for hydroxylation is 2. The van der Waals surface area contributed by atoms with Crippen LogP contribution in [0.4, 0.5) is 5.69 Å². The summed E-state index contributed by atoms with van der Waals surface area (Å²) in [6.45, 7) is 3.41. The second kappa shape index (κ2) is 7.48. The molecule has 0 bridgehead atoms. The highest BCUT2D eigenvalue weighted by Gasteiger charge is 2.21. The van der Waals surface area contributed by atoms with Crippen LogP contribution in [0.1, 0.15) is 21.7 Å². The quantitative estimate of drug-likeness (QED) is 0.349. The van der Waals surface area contributed by atoms with Gasteiger partial charge in [0.1, 0.15) is 17.4 Å². The predicted octanol–water partition coefficient (Wildman–Crippen LogP) is 2.67. The molecule has 9 heteroatoms. The van der Waals surface area contributed by atoms with Gasteiger partial charge in [0.2, 0.25) is 5.75 Å². The summed E-state index contributed by atoms with van der Waals surface area (Å²) in [5.74, 6) is -0.410. The molecule has 2 rings (SSSR count). The summed E-state index contributed by atoms with van der Waals surface area (Å²) in [5.41, 5.74) is 0.850. The number of carbonyl (C=O) groups is 1. The number of ether oxygens (including phenoxy) is 2. The zero-order chi connectivity index (χ0) is 19.4. The lowest BCUT2D eigenvalue weighted by Gasteiger charge is -2.09. The summed E-state index contributed by atoms with van der Waals surface area (Å²) < 4.78 is 11.3. The summed E-state index contributed by atoms with van der Waals surface area (Å²) in [6.07, 6.45) is 1.23. The molecule has 0 saturated carbocycles. The first-order valence-corrected chi connectivity index (χ1v) is 7.42. The number of nitrogens with zero attached hydrogens (tertiary/aromatic N) is 4. The van der Waals surface area contributed by atoms with E-state index in [-0.39, 0.29) is 28.3 Å². The first-order valence-electron chi connectivity index (χ1n) is 7.42. The minimum Gasteiger partial charge on any atom is -0.496 e. The Labute approximate surface area is 149 Å². The van der Waals surface area contributed by atoms with Crippen molar-refractivity contribution in [3.63, 3.8) is 0 Å². The van der Waals surface area contributed by atoms with Crippen LogP contribution in [-0.4, -0.2) is 34.8 Å². The van der Waals surface area contributed by atoms with Gasteiger partial charge >= 0.3 is 5.69 Å². The van der Waals surface area contributed by atoms with Crippen molar-refractivity contribution in [1.29, 1.82) is 5.26 Å². The van der Waals surface area contributed by atoms with Crippen molar-refractivity contribution in [2.45, 2.75) is 13.8 Å². The van der Waals surface area contributed by atoms with Crippen LogP contribution in [0.5, 0.6) is 11.5 Å². The van der Waals surface area contributed by atoms with Gasteiger partial charge in [-0.1, -0.05) is 0 Å². The van der Waals surface area contributed by atoms with Gasteiger partial charge in [-0.25, -0.2) is 4.68 Å². The zero-order valence-corrected chi connectivity index (χ0v) is 14.6.